The van der Waals surface area contributed by atoms with Crippen molar-refractivity contribution in [2.45, 2.75) is 0 Å². The molecule has 0 saturated heterocycles. The maximum atomic E-state index is 11.1. The molecule has 0 unspecified atom stereocenters. The van der Waals surface area contributed by atoms with Crippen LogP contribution in [0.5, 0.6) is 0 Å². The molecule has 2 heterocycles. The lowest BCUT2D eigenvalue weighted by molar-refractivity contribution is 1.37. The molecule has 0 atom stereocenters. The number of pyridine rings is 2. The van der Waals surface area contributed by atoms with Crippen molar-refractivity contribution in [2.24, 2.45) is 0 Å². The first-order chi connectivity index (χ1) is 29.3. The van der Waals surface area contributed by atoms with Gasteiger partial charge in [-0.15, -0.1) is 0 Å². The number of hydrogen-bond donors (Lipinski definition) is 0. The molecule has 8 aromatic rings. The molecule has 0 amide bonds. The lowest BCUT2D eigenvalue weighted by Gasteiger charge is -2.22. The van der Waals surface area contributed by atoms with Gasteiger partial charge in [-0.1, -0.05) is 48.5 Å². The van der Waals surface area contributed by atoms with Crippen LogP contribution in [0.25, 0.3) is 91.0 Å². The number of rotatable bonds is 2. The van der Waals surface area contributed by atoms with Crippen LogP contribution in [0.3, 0.4) is 0 Å². The number of nitriles is 8. The highest BCUT2D eigenvalue weighted by atomic mass is 14.8. The number of benzene rings is 6. The molecule has 13 heteroatoms. The summed E-state index contributed by atoms with van der Waals surface area (Å²) in [6, 6.07) is 33.1. The smallest absolute Gasteiger partial charge is 0.214 e. The van der Waals surface area contributed by atoms with Crippen molar-refractivity contribution < 1.29 is 0 Å². The fourth-order valence-electron chi connectivity index (χ4n) is 7.89. The van der Waals surface area contributed by atoms with Crippen LogP contribution in [-0.2, 0) is 0 Å². The van der Waals surface area contributed by atoms with E-state index in [0.29, 0.717) is 22.3 Å². The first kappa shape index (κ1) is 36.3. The molecule has 0 aliphatic heterocycles. The highest BCUT2D eigenvalue weighted by Crippen LogP contribution is 2.54. The van der Waals surface area contributed by atoms with Gasteiger partial charge in [-0.25, -0.2) is 19.5 Å². The van der Waals surface area contributed by atoms with Crippen molar-refractivity contribution in [3.63, 3.8) is 0 Å². The van der Waals surface area contributed by atoms with E-state index in [-0.39, 0.29) is 54.7 Å². The maximum Gasteiger partial charge on any atom is 0.214 e. The Bertz CT molecular complexity index is 3830. The van der Waals surface area contributed by atoms with Gasteiger partial charge < -0.3 is 0 Å². The van der Waals surface area contributed by atoms with Gasteiger partial charge in [0.1, 0.15) is 24.3 Å². The van der Waals surface area contributed by atoms with E-state index in [2.05, 4.69) is 25.6 Å². The lowest BCUT2D eigenvalue weighted by Crippen LogP contribution is -2.03. The Morgan fingerprint density at radius 3 is 1.32 bits per heavy atom. The second-order valence-corrected chi connectivity index (χ2v) is 12.9. The number of fused-ring (bicyclic) bond motifs is 9. The zero-order valence-corrected chi connectivity index (χ0v) is 30.2. The Morgan fingerprint density at radius 1 is 0.400 bits per heavy atom. The Labute approximate surface area is 338 Å². The molecule has 60 heavy (non-hydrogen) atoms. The molecule has 0 N–H and O–H groups in total. The Kier molecular flexibility index (Phi) is 8.39. The molecule has 13 nitrogen and oxygen atoms in total. The molecular weight excluding hydrogens is 747 g/mol. The minimum atomic E-state index is -0.554. The molecule has 0 aliphatic carbocycles. The molecule has 0 bridgehead atoms. The molecule has 0 fully saturated rings. The van der Waals surface area contributed by atoms with Gasteiger partial charge in [-0.3, -0.25) is 4.98 Å². The van der Waals surface area contributed by atoms with Gasteiger partial charge in [0.15, 0.2) is 0 Å². The minimum Gasteiger partial charge on any atom is -0.254 e. The molecular formula is C47H11N13. The SMILES string of the molecule is [C-]#[N+]c1c(-c2ccc(-c3ccc4ccc5cccnc5c4n3)cc2)c(C#N)c2c(c1C#N)c1c([N+]#[C-])c(C#N)c(C#N)c(C#N)c1c1c(C#N)c(C#N)c(C#N)c([N+]#[C-])c12. The standard InChI is InChI=1S/C47H11N13/c1-56-45-31(19-52)27(15-48)29(17-50)37-38-30(18-51)28(16-49)32(20-53)46(57-2)42(38)40-34(22-55)47(58-3)36(33(21-54)39(40)41(37)45)24-8-6-23(7-9-24)35-13-12-26-11-10-25-5-4-14-59-43(25)44(26)60-35/h4-14H. The third kappa shape index (κ3) is 4.74. The van der Waals surface area contributed by atoms with Gasteiger partial charge >= 0.3 is 0 Å². The fraction of sp³-hybridized carbons (Fsp3) is 0. The van der Waals surface area contributed by atoms with Crippen molar-refractivity contribution in [1.29, 1.82) is 42.1 Å². The molecule has 0 saturated carbocycles. The molecule has 0 spiro atoms. The van der Waals surface area contributed by atoms with E-state index in [1.807, 2.05) is 60.7 Å². The van der Waals surface area contributed by atoms with Gasteiger partial charge in [0.05, 0.1) is 105 Å². The van der Waals surface area contributed by atoms with Crippen molar-refractivity contribution >= 4 is 71.2 Å². The Hall–Kier alpha value is -10.7. The Morgan fingerprint density at radius 2 is 0.833 bits per heavy atom. The first-order valence-corrected chi connectivity index (χ1v) is 17.2. The summed E-state index contributed by atoms with van der Waals surface area (Å²) in [5.74, 6) is 0. The zero-order valence-electron chi connectivity index (χ0n) is 30.2. The summed E-state index contributed by atoms with van der Waals surface area (Å²) < 4.78 is 0. The molecule has 2 aromatic heterocycles. The average Bonchev–Trinajstić information content (AvgIpc) is 3.30. The van der Waals surface area contributed by atoms with Gasteiger partial charge in [-0.2, -0.15) is 42.1 Å². The predicted molar refractivity (Wildman–Crippen MR) is 217 cm³/mol. The molecule has 264 valence electrons. The highest BCUT2D eigenvalue weighted by Gasteiger charge is 2.33. The summed E-state index contributed by atoms with van der Waals surface area (Å²) in [5, 5.41) is 84.4. The van der Waals surface area contributed by atoms with Crippen LogP contribution in [-0.4, -0.2) is 9.97 Å². The van der Waals surface area contributed by atoms with Crippen LogP contribution < -0.4 is 0 Å². The topological polar surface area (TPSA) is 229 Å². The van der Waals surface area contributed by atoms with Gasteiger partial charge in [0.2, 0.25) is 17.1 Å². The first-order valence-electron chi connectivity index (χ1n) is 17.2. The van der Waals surface area contributed by atoms with Crippen molar-refractivity contribution in [3.05, 3.63) is 146 Å². The average molecular weight is 758 g/mol. The maximum absolute atomic E-state index is 11.1. The van der Waals surface area contributed by atoms with Crippen molar-refractivity contribution in [2.75, 3.05) is 0 Å². The summed E-state index contributed by atoms with van der Waals surface area (Å²) >= 11 is 0. The van der Waals surface area contributed by atoms with Crippen LogP contribution in [0, 0.1) is 110 Å². The van der Waals surface area contributed by atoms with E-state index in [9.17, 15) is 42.1 Å². The molecule has 8 rings (SSSR count). The summed E-state index contributed by atoms with van der Waals surface area (Å²) in [4.78, 5) is 20.3. The van der Waals surface area contributed by atoms with Gasteiger partial charge in [0.25, 0.3) is 0 Å². The predicted octanol–water partition coefficient (Wildman–Crippen LogP) is 10.2. The largest absolute Gasteiger partial charge is 0.254 e. The van der Waals surface area contributed by atoms with E-state index >= 15 is 0 Å². The van der Waals surface area contributed by atoms with Crippen LogP contribution in [0.1, 0.15) is 44.5 Å². The van der Waals surface area contributed by atoms with E-state index in [1.165, 1.54) is 0 Å². The van der Waals surface area contributed by atoms with Crippen LogP contribution >= 0.6 is 0 Å². The second kappa shape index (κ2) is 13.9. The monoisotopic (exact) mass is 757 g/mol. The zero-order chi connectivity index (χ0) is 42.4. The Balaban J connectivity index is 1.61. The van der Waals surface area contributed by atoms with Gasteiger partial charge in [-0.05, 0) is 44.6 Å². The number of hydrogen-bond acceptors (Lipinski definition) is 10. The summed E-state index contributed by atoms with van der Waals surface area (Å²) in [7, 11) is 0. The third-order valence-electron chi connectivity index (χ3n) is 10.3. The molecule has 6 aromatic carbocycles. The normalized spacial score (nSPS) is 10.2. The number of nitrogens with zero attached hydrogens (tertiary/aromatic N) is 13. The third-order valence-corrected chi connectivity index (χ3v) is 10.3. The molecule has 0 radical (unpaired) electrons. The summed E-state index contributed by atoms with van der Waals surface area (Å²) in [6.45, 7) is 24.8. The van der Waals surface area contributed by atoms with Crippen LogP contribution in [0.15, 0.2) is 66.9 Å². The molecule has 0 aliphatic rings. The van der Waals surface area contributed by atoms with E-state index in [0.717, 1.165) is 10.8 Å². The summed E-state index contributed by atoms with van der Waals surface area (Å²) in [6.07, 6.45) is 1.68. The van der Waals surface area contributed by atoms with Gasteiger partial charge in [0, 0.05) is 33.5 Å². The van der Waals surface area contributed by atoms with E-state index < -0.39 is 50.3 Å². The quantitative estimate of drug-likeness (QED) is 0.120. The van der Waals surface area contributed by atoms with Crippen LogP contribution in [0.2, 0.25) is 0 Å². The van der Waals surface area contributed by atoms with Crippen molar-refractivity contribution in [3.8, 4) is 70.9 Å². The fourth-order valence-corrected chi connectivity index (χ4v) is 7.89. The van der Waals surface area contributed by atoms with E-state index in [4.69, 9.17) is 24.7 Å². The van der Waals surface area contributed by atoms with Crippen molar-refractivity contribution in [1.82, 2.24) is 9.97 Å². The summed E-state index contributed by atoms with van der Waals surface area (Å²) in [5.41, 5.74) is -2.56. The van der Waals surface area contributed by atoms with Crippen LogP contribution in [0.4, 0.5) is 17.1 Å². The van der Waals surface area contributed by atoms with E-state index in [1.54, 1.807) is 48.7 Å². The highest BCUT2D eigenvalue weighted by molar-refractivity contribution is 6.37. The number of aromatic nitrogens is 2. The lowest BCUT2D eigenvalue weighted by atomic mass is 9.78. The minimum absolute atomic E-state index is 0.0678. The second-order valence-electron chi connectivity index (χ2n) is 12.9.